The van der Waals surface area contributed by atoms with Gasteiger partial charge in [0.25, 0.3) is 5.91 Å². The van der Waals surface area contributed by atoms with Gasteiger partial charge in [-0.2, -0.15) is 0 Å². The minimum Gasteiger partial charge on any atom is -0.369 e. The average Bonchev–Trinajstić information content (AvgIpc) is 2.41. The van der Waals surface area contributed by atoms with E-state index >= 15 is 0 Å². The van der Waals surface area contributed by atoms with Crippen LogP contribution in [0.3, 0.4) is 0 Å². The van der Waals surface area contributed by atoms with Crippen molar-refractivity contribution in [3.8, 4) is 0 Å². The number of ether oxygens (including phenoxy) is 1. The number of anilines is 1. The standard InChI is InChI=1S/C16H24N2O2/c1-12(20-9-8-13-4-2-5-13)16(19)18-15-7-3-6-14(10-15)11-17/h3,6-7,10,12-13H,2,4-5,8-9,11,17H2,1H3,(H,18,19). The maximum absolute atomic E-state index is 12.0. The molecule has 20 heavy (non-hydrogen) atoms. The highest BCUT2D eigenvalue weighted by Crippen LogP contribution is 2.29. The van der Waals surface area contributed by atoms with E-state index in [1.54, 1.807) is 6.92 Å². The van der Waals surface area contributed by atoms with Crippen LogP contribution in [0.1, 0.15) is 38.2 Å². The Morgan fingerprint density at radius 3 is 2.95 bits per heavy atom. The second-order valence-electron chi connectivity index (χ2n) is 5.49. The number of rotatable bonds is 7. The van der Waals surface area contributed by atoms with E-state index < -0.39 is 6.10 Å². The Labute approximate surface area is 120 Å². The first-order valence-corrected chi connectivity index (χ1v) is 7.40. The van der Waals surface area contributed by atoms with Crippen molar-refractivity contribution >= 4 is 11.6 Å². The molecule has 0 spiro atoms. The molecule has 110 valence electrons. The predicted octanol–water partition coefficient (Wildman–Crippen LogP) is 2.68. The van der Waals surface area contributed by atoms with Crippen LogP contribution in [0.15, 0.2) is 24.3 Å². The number of carbonyl (C=O) groups is 1. The van der Waals surface area contributed by atoms with Gasteiger partial charge in [0.05, 0.1) is 0 Å². The first kappa shape index (κ1) is 15.0. The SMILES string of the molecule is CC(OCCC1CCC1)C(=O)Nc1cccc(CN)c1. The average molecular weight is 276 g/mol. The van der Waals surface area contributed by atoms with E-state index in [0.717, 1.165) is 23.6 Å². The van der Waals surface area contributed by atoms with Crippen LogP contribution in [0.25, 0.3) is 0 Å². The normalized spacial score (nSPS) is 16.5. The van der Waals surface area contributed by atoms with Crippen LogP contribution in [0, 0.1) is 5.92 Å². The molecule has 1 amide bonds. The van der Waals surface area contributed by atoms with Gasteiger partial charge in [-0.1, -0.05) is 31.4 Å². The number of hydrogen-bond acceptors (Lipinski definition) is 3. The molecule has 1 saturated carbocycles. The maximum atomic E-state index is 12.0. The predicted molar refractivity (Wildman–Crippen MR) is 80.3 cm³/mol. The summed E-state index contributed by atoms with van der Waals surface area (Å²) in [6.45, 7) is 2.93. The highest BCUT2D eigenvalue weighted by molar-refractivity contribution is 5.93. The van der Waals surface area contributed by atoms with E-state index in [0.29, 0.717) is 13.2 Å². The molecule has 2 rings (SSSR count). The molecule has 4 nitrogen and oxygen atoms in total. The summed E-state index contributed by atoms with van der Waals surface area (Å²) in [6.07, 6.45) is 4.63. The molecular formula is C16H24N2O2. The number of nitrogens with two attached hydrogens (primary N) is 1. The van der Waals surface area contributed by atoms with Gasteiger partial charge in [-0.05, 0) is 37.0 Å². The molecule has 0 radical (unpaired) electrons. The summed E-state index contributed by atoms with van der Waals surface area (Å²) >= 11 is 0. The van der Waals surface area contributed by atoms with E-state index in [9.17, 15) is 4.79 Å². The van der Waals surface area contributed by atoms with Crippen LogP contribution in [0.5, 0.6) is 0 Å². The van der Waals surface area contributed by atoms with E-state index in [4.69, 9.17) is 10.5 Å². The molecule has 1 unspecified atom stereocenters. The highest BCUT2D eigenvalue weighted by atomic mass is 16.5. The lowest BCUT2D eigenvalue weighted by Crippen LogP contribution is -2.28. The minimum atomic E-state index is -0.420. The number of nitrogens with one attached hydrogen (secondary N) is 1. The van der Waals surface area contributed by atoms with Crippen molar-refractivity contribution < 1.29 is 9.53 Å². The van der Waals surface area contributed by atoms with Gasteiger partial charge >= 0.3 is 0 Å². The summed E-state index contributed by atoms with van der Waals surface area (Å²) in [5, 5.41) is 2.86. The highest BCUT2D eigenvalue weighted by Gasteiger charge is 2.19. The Morgan fingerprint density at radius 1 is 1.50 bits per heavy atom. The van der Waals surface area contributed by atoms with E-state index in [1.807, 2.05) is 24.3 Å². The molecule has 0 saturated heterocycles. The van der Waals surface area contributed by atoms with Gasteiger partial charge in [0.1, 0.15) is 6.10 Å². The molecule has 0 bridgehead atoms. The molecule has 1 fully saturated rings. The fraction of sp³-hybridized carbons (Fsp3) is 0.562. The monoisotopic (exact) mass is 276 g/mol. The third-order valence-electron chi connectivity index (χ3n) is 3.92. The van der Waals surface area contributed by atoms with E-state index in [-0.39, 0.29) is 5.91 Å². The van der Waals surface area contributed by atoms with Crippen LogP contribution in [-0.4, -0.2) is 18.6 Å². The first-order chi connectivity index (χ1) is 9.69. The van der Waals surface area contributed by atoms with Crippen LogP contribution in [0.2, 0.25) is 0 Å². The Balaban J connectivity index is 1.74. The molecular weight excluding hydrogens is 252 g/mol. The molecule has 0 aliphatic heterocycles. The summed E-state index contributed by atoms with van der Waals surface area (Å²) in [5.41, 5.74) is 7.36. The van der Waals surface area contributed by atoms with Gasteiger partial charge in [0.15, 0.2) is 0 Å². The molecule has 3 N–H and O–H groups in total. The number of amides is 1. The first-order valence-electron chi connectivity index (χ1n) is 7.40. The van der Waals surface area contributed by atoms with Crippen molar-refractivity contribution in [2.75, 3.05) is 11.9 Å². The second kappa shape index (κ2) is 7.41. The van der Waals surface area contributed by atoms with Crippen molar-refractivity contribution in [3.63, 3.8) is 0 Å². The molecule has 0 heterocycles. The van der Waals surface area contributed by atoms with E-state index in [2.05, 4.69) is 5.32 Å². The zero-order valence-electron chi connectivity index (χ0n) is 12.1. The van der Waals surface area contributed by atoms with Crippen LogP contribution >= 0.6 is 0 Å². The Kier molecular flexibility index (Phi) is 5.56. The Hall–Kier alpha value is -1.39. The molecule has 1 aromatic rings. The molecule has 0 aromatic heterocycles. The third kappa shape index (κ3) is 4.32. The third-order valence-corrected chi connectivity index (χ3v) is 3.92. The fourth-order valence-corrected chi connectivity index (χ4v) is 2.29. The molecule has 1 aliphatic carbocycles. The zero-order chi connectivity index (χ0) is 14.4. The lowest BCUT2D eigenvalue weighted by molar-refractivity contribution is -0.126. The van der Waals surface area contributed by atoms with Crippen LogP contribution < -0.4 is 11.1 Å². The van der Waals surface area contributed by atoms with Crippen LogP contribution in [-0.2, 0) is 16.1 Å². The van der Waals surface area contributed by atoms with Gasteiger partial charge in [0, 0.05) is 18.8 Å². The lowest BCUT2D eigenvalue weighted by atomic mass is 9.83. The second-order valence-corrected chi connectivity index (χ2v) is 5.49. The lowest BCUT2D eigenvalue weighted by Gasteiger charge is -2.25. The van der Waals surface area contributed by atoms with Crippen molar-refractivity contribution in [2.45, 2.75) is 45.3 Å². The minimum absolute atomic E-state index is 0.104. The summed E-state index contributed by atoms with van der Waals surface area (Å²) in [5.74, 6) is 0.708. The van der Waals surface area contributed by atoms with Gasteiger partial charge < -0.3 is 15.8 Å². The number of hydrogen-bond donors (Lipinski definition) is 2. The summed E-state index contributed by atoms with van der Waals surface area (Å²) in [7, 11) is 0. The zero-order valence-corrected chi connectivity index (χ0v) is 12.1. The Bertz CT molecular complexity index is 444. The maximum Gasteiger partial charge on any atom is 0.253 e. The smallest absolute Gasteiger partial charge is 0.253 e. The van der Waals surface area contributed by atoms with Gasteiger partial charge in [-0.3, -0.25) is 4.79 Å². The summed E-state index contributed by atoms with van der Waals surface area (Å²) < 4.78 is 5.60. The Morgan fingerprint density at radius 2 is 2.30 bits per heavy atom. The summed E-state index contributed by atoms with van der Waals surface area (Å²) in [4.78, 5) is 12.0. The fourth-order valence-electron chi connectivity index (χ4n) is 2.29. The quantitative estimate of drug-likeness (QED) is 0.804. The van der Waals surface area contributed by atoms with Crippen LogP contribution in [0.4, 0.5) is 5.69 Å². The van der Waals surface area contributed by atoms with Gasteiger partial charge in [0.2, 0.25) is 0 Å². The number of benzene rings is 1. The van der Waals surface area contributed by atoms with Crippen molar-refractivity contribution in [3.05, 3.63) is 29.8 Å². The molecule has 1 atom stereocenters. The molecule has 4 heteroatoms. The van der Waals surface area contributed by atoms with E-state index in [1.165, 1.54) is 19.3 Å². The number of carbonyl (C=O) groups excluding carboxylic acids is 1. The van der Waals surface area contributed by atoms with Crippen molar-refractivity contribution in [1.82, 2.24) is 0 Å². The van der Waals surface area contributed by atoms with Crippen molar-refractivity contribution in [1.29, 1.82) is 0 Å². The van der Waals surface area contributed by atoms with Gasteiger partial charge in [-0.15, -0.1) is 0 Å². The van der Waals surface area contributed by atoms with Gasteiger partial charge in [-0.25, -0.2) is 0 Å². The topological polar surface area (TPSA) is 64.3 Å². The molecule has 1 aromatic carbocycles. The molecule has 1 aliphatic rings. The summed E-state index contributed by atoms with van der Waals surface area (Å²) in [6, 6.07) is 7.57. The van der Waals surface area contributed by atoms with Crippen molar-refractivity contribution in [2.24, 2.45) is 11.7 Å². The largest absolute Gasteiger partial charge is 0.369 e.